The minimum absolute atomic E-state index is 0.207. The molecule has 0 aliphatic carbocycles. The van der Waals surface area contributed by atoms with Gasteiger partial charge in [-0.3, -0.25) is 0 Å². The van der Waals surface area contributed by atoms with Crippen molar-refractivity contribution in [1.82, 2.24) is 10.2 Å². The first-order valence-corrected chi connectivity index (χ1v) is 6.91. The predicted octanol–water partition coefficient (Wildman–Crippen LogP) is 3.35. The van der Waals surface area contributed by atoms with Crippen LogP contribution in [0.25, 0.3) is 0 Å². The van der Waals surface area contributed by atoms with Crippen LogP contribution in [0.5, 0.6) is 0 Å². The molecule has 1 N–H and O–H groups in total. The third-order valence-corrected chi connectivity index (χ3v) is 3.41. The van der Waals surface area contributed by atoms with Crippen molar-refractivity contribution in [1.29, 1.82) is 0 Å². The highest BCUT2D eigenvalue weighted by Gasteiger charge is 2.16. The lowest BCUT2D eigenvalue weighted by molar-refractivity contribution is 0.263. The molecule has 0 saturated carbocycles. The lowest BCUT2D eigenvalue weighted by Crippen LogP contribution is -2.40. The van der Waals surface area contributed by atoms with E-state index in [0.29, 0.717) is 5.56 Å². The van der Waals surface area contributed by atoms with Crippen molar-refractivity contribution in [2.45, 2.75) is 39.8 Å². The Hall–Kier alpha value is -1.00. The Morgan fingerprint density at radius 1 is 1.16 bits per heavy atom. The molecule has 0 amide bonds. The third kappa shape index (κ3) is 4.55. The zero-order valence-corrected chi connectivity index (χ0v) is 12.2. The van der Waals surface area contributed by atoms with E-state index in [2.05, 4.69) is 31.0 Å². The van der Waals surface area contributed by atoms with Gasteiger partial charge in [0.2, 0.25) is 0 Å². The second-order valence-electron chi connectivity index (χ2n) is 4.92. The number of nitrogens with one attached hydrogen (secondary N) is 1. The van der Waals surface area contributed by atoms with Gasteiger partial charge in [0.25, 0.3) is 0 Å². The number of nitrogens with zero attached hydrogens (tertiary/aromatic N) is 1. The highest BCUT2D eigenvalue weighted by atomic mass is 19.2. The molecular formula is C15H24F2N2. The molecule has 1 rings (SSSR count). The van der Waals surface area contributed by atoms with Gasteiger partial charge >= 0.3 is 0 Å². The number of rotatable bonds is 7. The summed E-state index contributed by atoms with van der Waals surface area (Å²) in [6.45, 7) is 11.0. The molecule has 0 aliphatic heterocycles. The molecule has 0 saturated heterocycles. The van der Waals surface area contributed by atoms with Crippen LogP contribution in [0.3, 0.4) is 0 Å². The van der Waals surface area contributed by atoms with Crippen LogP contribution in [0, 0.1) is 11.6 Å². The van der Waals surface area contributed by atoms with E-state index < -0.39 is 11.6 Å². The van der Waals surface area contributed by atoms with E-state index in [0.717, 1.165) is 25.7 Å². The summed E-state index contributed by atoms with van der Waals surface area (Å²) >= 11 is 0. The molecule has 0 bridgehead atoms. The number of hydrogen-bond acceptors (Lipinski definition) is 2. The maximum Gasteiger partial charge on any atom is 0.163 e. The van der Waals surface area contributed by atoms with E-state index in [4.69, 9.17) is 0 Å². The summed E-state index contributed by atoms with van der Waals surface area (Å²) in [5.74, 6) is -1.54. The van der Waals surface area contributed by atoms with E-state index in [1.54, 1.807) is 12.1 Å². The summed E-state index contributed by atoms with van der Waals surface area (Å²) in [4.78, 5) is 2.30. The summed E-state index contributed by atoms with van der Waals surface area (Å²) in [7, 11) is 0. The van der Waals surface area contributed by atoms with Crippen LogP contribution < -0.4 is 5.32 Å². The Bertz CT molecular complexity index is 392. The van der Waals surface area contributed by atoms with Gasteiger partial charge < -0.3 is 10.2 Å². The monoisotopic (exact) mass is 270 g/mol. The smallest absolute Gasteiger partial charge is 0.163 e. The fourth-order valence-electron chi connectivity index (χ4n) is 2.29. The zero-order chi connectivity index (χ0) is 14.4. The topological polar surface area (TPSA) is 15.3 Å². The van der Waals surface area contributed by atoms with Crippen LogP contribution in [-0.4, -0.2) is 30.6 Å². The van der Waals surface area contributed by atoms with Crippen LogP contribution >= 0.6 is 0 Å². The molecule has 4 heteroatoms. The minimum atomic E-state index is -0.789. The molecule has 0 heterocycles. The van der Waals surface area contributed by atoms with Crippen LogP contribution in [0.4, 0.5) is 8.78 Å². The van der Waals surface area contributed by atoms with E-state index in [1.807, 2.05) is 6.92 Å². The Morgan fingerprint density at radius 2 is 1.79 bits per heavy atom. The highest BCUT2D eigenvalue weighted by molar-refractivity contribution is 5.22. The van der Waals surface area contributed by atoms with Crippen LogP contribution in [0.15, 0.2) is 18.2 Å². The Morgan fingerprint density at radius 3 is 2.37 bits per heavy atom. The Labute approximate surface area is 114 Å². The van der Waals surface area contributed by atoms with Gasteiger partial charge in [-0.05, 0) is 33.0 Å². The minimum Gasteiger partial charge on any atom is -0.306 e. The van der Waals surface area contributed by atoms with E-state index >= 15 is 0 Å². The van der Waals surface area contributed by atoms with Crippen molar-refractivity contribution in [2.75, 3.05) is 19.6 Å². The van der Waals surface area contributed by atoms with Gasteiger partial charge in [0.1, 0.15) is 0 Å². The highest BCUT2D eigenvalue weighted by Crippen LogP contribution is 2.19. The molecule has 0 spiro atoms. The molecule has 2 unspecified atom stereocenters. The molecule has 1 aromatic carbocycles. The molecule has 0 aromatic heterocycles. The van der Waals surface area contributed by atoms with Gasteiger partial charge in [-0.1, -0.05) is 26.0 Å². The van der Waals surface area contributed by atoms with Gasteiger partial charge in [-0.15, -0.1) is 0 Å². The SMILES string of the molecule is CCN(CC)CC(C)NC(C)c1cccc(F)c1F. The third-order valence-electron chi connectivity index (χ3n) is 3.41. The largest absolute Gasteiger partial charge is 0.306 e. The van der Waals surface area contributed by atoms with Gasteiger partial charge in [-0.25, -0.2) is 8.78 Å². The maximum atomic E-state index is 13.7. The second kappa shape index (κ2) is 7.56. The summed E-state index contributed by atoms with van der Waals surface area (Å²) in [6, 6.07) is 4.32. The van der Waals surface area contributed by atoms with Gasteiger partial charge in [0, 0.05) is 24.2 Å². The summed E-state index contributed by atoms with van der Waals surface area (Å²) in [6.07, 6.45) is 0. The van der Waals surface area contributed by atoms with Crippen molar-refractivity contribution in [2.24, 2.45) is 0 Å². The van der Waals surface area contributed by atoms with Crippen LogP contribution in [-0.2, 0) is 0 Å². The quantitative estimate of drug-likeness (QED) is 0.817. The van der Waals surface area contributed by atoms with Gasteiger partial charge in [-0.2, -0.15) is 0 Å². The zero-order valence-electron chi connectivity index (χ0n) is 12.2. The fourth-order valence-corrected chi connectivity index (χ4v) is 2.29. The lowest BCUT2D eigenvalue weighted by Gasteiger charge is -2.26. The normalized spacial score (nSPS) is 14.7. The van der Waals surface area contributed by atoms with E-state index in [1.165, 1.54) is 0 Å². The molecule has 0 aliphatic rings. The summed E-state index contributed by atoms with van der Waals surface area (Å²) in [5, 5.41) is 3.31. The molecular weight excluding hydrogens is 246 g/mol. The average Bonchev–Trinajstić information content (AvgIpc) is 2.38. The predicted molar refractivity (Wildman–Crippen MR) is 75.2 cm³/mol. The molecule has 2 atom stereocenters. The number of hydrogen-bond donors (Lipinski definition) is 1. The first-order valence-electron chi connectivity index (χ1n) is 6.91. The number of benzene rings is 1. The Kier molecular flexibility index (Phi) is 6.38. The summed E-state index contributed by atoms with van der Waals surface area (Å²) < 4.78 is 26.9. The van der Waals surface area contributed by atoms with Crippen molar-refractivity contribution in [3.63, 3.8) is 0 Å². The average molecular weight is 270 g/mol. The van der Waals surface area contributed by atoms with Crippen molar-refractivity contribution in [3.05, 3.63) is 35.4 Å². The number of halogens is 2. The molecule has 19 heavy (non-hydrogen) atoms. The van der Waals surface area contributed by atoms with Crippen molar-refractivity contribution >= 4 is 0 Å². The summed E-state index contributed by atoms with van der Waals surface area (Å²) in [5.41, 5.74) is 0.381. The molecule has 1 aromatic rings. The Balaban J connectivity index is 2.63. The number of likely N-dealkylation sites (N-methyl/N-ethyl adjacent to an activating group) is 1. The van der Waals surface area contributed by atoms with Crippen molar-refractivity contribution < 1.29 is 8.78 Å². The molecule has 0 radical (unpaired) electrons. The standard InChI is InChI=1S/C15H24F2N2/c1-5-19(6-2)10-11(3)18-12(4)13-8-7-9-14(16)15(13)17/h7-9,11-12,18H,5-6,10H2,1-4H3. The van der Waals surface area contributed by atoms with E-state index in [-0.39, 0.29) is 12.1 Å². The van der Waals surface area contributed by atoms with Gasteiger partial charge in [0.15, 0.2) is 11.6 Å². The first kappa shape index (κ1) is 16.1. The van der Waals surface area contributed by atoms with Crippen molar-refractivity contribution in [3.8, 4) is 0 Å². The van der Waals surface area contributed by atoms with Gasteiger partial charge in [0.05, 0.1) is 0 Å². The fraction of sp³-hybridized carbons (Fsp3) is 0.600. The molecule has 2 nitrogen and oxygen atoms in total. The lowest BCUT2D eigenvalue weighted by atomic mass is 10.1. The maximum absolute atomic E-state index is 13.7. The molecule has 0 fully saturated rings. The van der Waals surface area contributed by atoms with Crippen LogP contribution in [0.2, 0.25) is 0 Å². The van der Waals surface area contributed by atoms with E-state index in [9.17, 15) is 8.78 Å². The van der Waals surface area contributed by atoms with Crippen LogP contribution in [0.1, 0.15) is 39.3 Å². The second-order valence-corrected chi connectivity index (χ2v) is 4.92. The molecule has 108 valence electrons. The first-order chi connectivity index (χ1) is 8.99.